The van der Waals surface area contributed by atoms with Crippen LogP contribution in [-0.2, 0) is 0 Å². The molecule has 1 N–H and O–H groups in total. The largest absolute Gasteiger partial charge is 0.478 e. The fourth-order valence-corrected chi connectivity index (χ4v) is 2.62. The Bertz CT molecular complexity index is 578. The van der Waals surface area contributed by atoms with Crippen LogP contribution in [0, 0.1) is 6.92 Å². The van der Waals surface area contributed by atoms with Gasteiger partial charge >= 0.3 is 0 Å². The SMILES string of the molecule is CCOc1cc(N2CCC(c3nn[nH]n3)CC2)nc(C)n1. The van der Waals surface area contributed by atoms with E-state index in [0.29, 0.717) is 18.4 Å². The highest BCUT2D eigenvalue weighted by atomic mass is 16.5. The lowest BCUT2D eigenvalue weighted by atomic mass is 9.96. The molecule has 1 saturated heterocycles. The molecule has 3 heterocycles. The van der Waals surface area contributed by atoms with Gasteiger partial charge in [0.05, 0.1) is 6.61 Å². The first-order valence-corrected chi connectivity index (χ1v) is 7.23. The van der Waals surface area contributed by atoms with E-state index in [4.69, 9.17) is 4.74 Å². The average molecular weight is 289 g/mol. The van der Waals surface area contributed by atoms with Gasteiger partial charge in [0.25, 0.3) is 0 Å². The van der Waals surface area contributed by atoms with Gasteiger partial charge in [-0.25, -0.2) is 4.98 Å². The fraction of sp³-hybridized carbons (Fsp3) is 0.615. The quantitative estimate of drug-likeness (QED) is 0.900. The lowest BCUT2D eigenvalue weighted by molar-refractivity contribution is 0.325. The third kappa shape index (κ3) is 3.09. The molecule has 1 fully saturated rings. The number of hydrogen-bond acceptors (Lipinski definition) is 7. The summed E-state index contributed by atoms with van der Waals surface area (Å²) < 4.78 is 5.49. The van der Waals surface area contributed by atoms with Crippen molar-refractivity contribution in [1.82, 2.24) is 30.6 Å². The van der Waals surface area contributed by atoms with Crippen molar-refractivity contribution in [3.8, 4) is 5.88 Å². The minimum Gasteiger partial charge on any atom is -0.478 e. The Morgan fingerprint density at radius 3 is 2.81 bits per heavy atom. The van der Waals surface area contributed by atoms with Crippen LogP contribution in [0.15, 0.2) is 6.07 Å². The van der Waals surface area contributed by atoms with Gasteiger partial charge in [0.1, 0.15) is 11.6 Å². The van der Waals surface area contributed by atoms with Gasteiger partial charge in [0, 0.05) is 25.1 Å². The molecule has 1 aliphatic heterocycles. The number of aromatic amines is 1. The van der Waals surface area contributed by atoms with Gasteiger partial charge in [-0.05, 0) is 26.7 Å². The van der Waals surface area contributed by atoms with E-state index in [0.717, 1.165) is 43.4 Å². The average Bonchev–Trinajstić information content (AvgIpc) is 3.01. The maximum Gasteiger partial charge on any atom is 0.218 e. The molecular weight excluding hydrogens is 270 g/mol. The van der Waals surface area contributed by atoms with E-state index in [1.54, 1.807) is 0 Å². The van der Waals surface area contributed by atoms with Crippen molar-refractivity contribution >= 4 is 5.82 Å². The summed E-state index contributed by atoms with van der Waals surface area (Å²) in [5.41, 5.74) is 0. The van der Waals surface area contributed by atoms with Crippen molar-refractivity contribution in [3.63, 3.8) is 0 Å². The van der Waals surface area contributed by atoms with Crippen molar-refractivity contribution in [3.05, 3.63) is 17.7 Å². The van der Waals surface area contributed by atoms with Gasteiger partial charge in [-0.1, -0.05) is 5.21 Å². The number of anilines is 1. The number of tetrazole rings is 1. The molecule has 1 aliphatic rings. The highest BCUT2D eigenvalue weighted by Gasteiger charge is 2.24. The number of H-pyrrole nitrogens is 1. The van der Waals surface area contributed by atoms with E-state index < -0.39 is 0 Å². The van der Waals surface area contributed by atoms with Gasteiger partial charge in [0.2, 0.25) is 5.88 Å². The standard InChI is InChI=1S/C13H19N7O/c1-3-21-12-8-11(14-9(2)15-12)20-6-4-10(5-7-20)13-16-18-19-17-13/h8,10H,3-7H2,1-2H3,(H,16,17,18,19). The van der Waals surface area contributed by atoms with E-state index in [2.05, 4.69) is 35.5 Å². The van der Waals surface area contributed by atoms with Crippen LogP contribution in [0.2, 0.25) is 0 Å². The normalized spacial score (nSPS) is 16.2. The molecule has 0 bridgehead atoms. The van der Waals surface area contributed by atoms with E-state index in [-0.39, 0.29) is 0 Å². The molecule has 0 aliphatic carbocycles. The van der Waals surface area contributed by atoms with Crippen molar-refractivity contribution in [1.29, 1.82) is 0 Å². The van der Waals surface area contributed by atoms with Gasteiger partial charge in [-0.2, -0.15) is 10.2 Å². The second-order valence-electron chi connectivity index (χ2n) is 5.08. The minimum atomic E-state index is 0.370. The summed E-state index contributed by atoms with van der Waals surface area (Å²) in [5.74, 6) is 3.48. The summed E-state index contributed by atoms with van der Waals surface area (Å²) in [5, 5.41) is 14.3. The predicted molar refractivity (Wildman–Crippen MR) is 76.3 cm³/mol. The molecule has 0 saturated carbocycles. The van der Waals surface area contributed by atoms with Crippen LogP contribution in [0.4, 0.5) is 5.82 Å². The molecule has 0 atom stereocenters. The van der Waals surface area contributed by atoms with Crippen LogP contribution in [0.3, 0.4) is 0 Å². The zero-order chi connectivity index (χ0) is 14.7. The Morgan fingerprint density at radius 1 is 1.33 bits per heavy atom. The van der Waals surface area contributed by atoms with Crippen LogP contribution in [0.1, 0.15) is 37.3 Å². The van der Waals surface area contributed by atoms with Crippen LogP contribution >= 0.6 is 0 Å². The third-order valence-corrected chi connectivity index (χ3v) is 3.64. The lowest BCUT2D eigenvalue weighted by Gasteiger charge is -2.31. The number of ether oxygens (including phenoxy) is 1. The molecular formula is C13H19N7O. The first-order chi connectivity index (χ1) is 10.3. The Kier molecular flexibility index (Phi) is 3.94. The molecule has 0 unspecified atom stereocenters. The number of nitrogens with one attached hydrogen (secondary N) is 1. The Labute approximate surface area is 122 Å². The predicted octanol–water partition coefficient (Wildman–Crippen LogP) is 1.08. The van der Waals surface area contributed by atoms with E-state index in [9.17, 15) is 0 Å². The summed E-state index contributed by atoms with van der Waals surface area (Å²) >= 11 is 0. The molecule has 8 nitrogen and oxygen atoms in total. The Balaban J connectivity index is 1.69. The summed E-state index contributed by atoms with van der Waals surface area (Å²) in [6, 6.07) is 1.91. The molecule has 8 heteroatoms. The molecule has 112 valence electrons. The third-order valence-electron chi connectivity index (χ3n) is 3.64. The van der Waals surface area contributed by atoms with Gasteiger partial charge in [-0.15, -0.1) is 10.2 Å². The zero-order valence-corrected chi connectivity index (χ0v) is 12.3. The first kappa shape index (κ1) is 13.7. The molecule has 0 spiro atoms. The number of piperidine rings is 1. The summed E-state index contributed by atoms with van der Waals surface area (Å²) in [7, 11) is 0. The van der Waals surface area contributed by atoms with Crippen LogP contribution in [0.5, 0.6) is 5.88 Å². The lowest BCUT2D eigenvalue weighted by Crippen LogP contribution is -2.34. The number of aromatic nitrogens is 6. The Morgan fingerprint density at radius 2 is 2.14 bits per heavy atom. The number of nitrogens with zero attached hydrogens (tertiary/aromatic N) is 6. The number of hydrogen-bond donors (Lipinski definition) is 1. The fourth-order valence-electron chi connectivity index (χ4n) is 2.62. The first-order valence-electron chi connectivity index (χ1n) is 7.23. The monoisotopic (exact) mass is 289 g/mol. The van der Waals surface area contributed by atoms with E-state index >= 15 is 0 Å². The van der Waals surface area contributed by atoms with Crippen molar-refractivity contribution in [2.24, 2.45) is 0 Å². The molecule has 0 radical (unpaired) electrons. The molecule has 2 aromatic rings. The number of rotatable bonds is 4. The Hall–Kier alpha value is -2.25. The summed E-state index contributed by atoms with van der Waals surface area (Å²) in [6.45, 7) is 6.28. The summed E-state index contributed by atoms with van der Waals surface area (Å²) in [4.78, 5) is 11.1. The highest BCUT2D eigenvalue weighted by Crippen LogP contribution is 2.28. The molecule has 2 aromatic heterocycles. The molecule has 3 rings (SSSR count). The van der Waals surface area contributed by atoms with Gasteiger partial charge in [0.15, 0.2) is 5.82 Å². The second-order valence-corrected chi connectivity index (χ2v) is 5.08. The van der Waals surface area contributed by atoms with E-state index in [1.165, 1.54) is 0 Å². The van der Waals surface area contributed by atoms with Crippen molar-refractivity contribution in [2.75, 3.05) is 24.6 Å². The van der Waals surface area contributed by atoms with Crippen molar-refractivity contribution in [2.45, 2.75) is 32.6 Å². The highest BCUT2D eigenvalue weighted by molar-refractivity contribution is 5.42. The van der Waals surface area contributed by atoms with Gasteiger partial charge < -0.3 is 9.64 Å². The summed E-state index contributed by atoms with van der Waals surface area (Å²) in [6.07, 6.45) is 1.99. The van der Waals surface area contributed by atoms with Crippen molar-refractivity contribution < 1.29 is 4.74 Å². The van der Waals surface area contributed by atoms with Crippen LogP contribution in [0.25, 0.3) is 0 Å². The van der Waals surface area contributed by atoms with Crippen LogP contribution in [-0.4, -0.2) is 50.3 Å². The molecule has 21 heavy (non-hydrogen) atoms. The number of aryl methyl sites for hydroxylation is 1. The minimum absolute atomic E-state index is 0.370. The molecule has 0 amide bonds. The topological polar surface area (TPSA) is 92.7 Å². The van der Waals surface area contributed by atoms with E-state index in [1.807, 2.05) is 19.9 Å². The maximum atomic E-state index is 5.49. The maximum absolute atomic E-state index is 5.49. The zero-order valence-electron chi connectivity index (χ0n) is 12.3. The van der Waals surface area contributed by atoms with Crippen LogP contribution < -0.4 is 9.64 Å². The van der Waals surface area contributed by atoms with Gasteiger partial charge in [-0.3, -0.25) is 0 Å². The smallest absolute Gasteiger partial charge is 0.218 e. The molecule has 0 aromatic carbocycles. The second kappa shape index (κ2) is 6.02.